The van der Waals surface area contributed by atoms with Gasteiger partial charge in [-0.25, -0.2) is 0 Å². The first-order valence-electron chi connectivity index (χ1n) is 7.07. The Hall–Kier alpha value is -2.02. The van der Waals surface area contributed by atoms with E-state index in [0.717, 1.165) is 6.42 Å². The van der Waals surface area contributed by atoms with Crippen LogP contribution in [0.15, 0.2) is 24.3 Å². The van der Waals surface area contributed by atoms with E-state index in [0.29, 0.717) is 23.4 Å². The maximum Gasteiger partial charge on any atom is 0.248 e. The largest absolute Gasteiger partial charge is 0.366 e. The van der Waals surface area contributed by atoms with Gasteiger partial charge in [0.05, 0.1) is 4.87 Å². The van der Waals surface area contributed by atoms with E-state index in [1.165, 1.54) is 0 Å². The Morgan fingerprint density at radius 3 is 2.68 bits per heavy atom. The molecule has 1 aromatic rings. The van der Waals surface area contributed by atoms with Crippen LogP contribution in [0.3, 0.4) is 0 Å². The second-order valence-electron chi connectivity index (χ2n) is 5.70. The highest BCUT2D eigenvalue weighted by Crippen LogP contribution is 2.47. The van der Waals surface area contributed by atoms with Gasteiger partial charge in [-0.15, -0.1) is 11.8 Å². The quantitative estimate of drug-likeness (QED) is 0.875. The Labute approximate surface area is 132 Å². The summed E-state index contributed by atoms with van der Waals surface area (Å²) < 4.78 is 0. The van der Waals surface area contributed by atoms with Crippen molar-refractivity contribution < 1.29 is 14.4 Å². The molecular weight excluding hydrogens is 302 g/mol. The number of nitrogens with one attached hydrogen (secondary N) is 1. The highest BCUT2D eigenvalue weighted by Gasteiger charge is 2.52. The van der Waals surface area contributed by atoms with Gasteiger partial charge in [0.25, 0.3) is 0 Å². The van der Waals surface area contributed by atoms with Gasteiger partial charge in [0.2, 0.25) is 17.7 Å². The summed E-state index contributed by atoms with van der Waals surface area (Å²) in [7, 11) is 0. The minimum Gasteiger partial charge on any atom is -0.366 e. The first-order valence-corrected chi connectivity index (χ1v) is 8.06. The summed E-state index contributed by atoms with van der Waals surface area (Å²) >= 11 is 1.66. The Morgan fingerprint density at radius 1 is 1.36 bits per heavy atom. The van der Waals surface area contributed by atoms with E-state index in [1.807, 2.05) is 6.92 Å². The van der Waals surface area contributed by atoms with Gasteiger partial charge in [0, 0.05) is 23.4 Å². The maximum absolute atomic E-state index is 12.5. The molecule has 2 saturated heterocycles. The third-order valence-corrected chi connectivity index (χ3v) is 5.69. The van der Waals surface area contributed by atoms with Gasteiger partial charge in [0.15, 0.2) is 0 Å². The van der Waals surface area contributed by atoms with Crippen molar-refractivity contribution in [2.45, 2.75) is 30.7 Å². The molecule has 0 saturated carbocycles. The van der Waals surface area contributed by atoms with Gasteiger partial charge in [-0.05, 0) is 37.6 Å². The summed E-state index contributed by atoms with van der Waals surface area (Å²) in [5.74, 6) is -0.0634. The Bertz CT molecular complexity index is 646. The number of hydrogen-bond acceptors (Lipinski definition) is 4. The number of amides is 3. The molecule has 2 aliphatic rings. The first-order chi connectivity index (χ1) is 10.4. The first kappa shape index (κ1) is 14.9. The second-order valence-corrected chi connectivity index (χ2v) is 7.20. The summed E-state index contributed by atoms with van der Waals surface area (Å²) in [6, 6.07) is 5.94. The molecule has 0 aliphatic carbocycles. The fourth-order valence-electron chi connectivity index (χ4n) is 2.96. The fraction of sp³-hybridized carbons (Fsp3) is 0.400. The molecule has 0 aromatic heterocycles. The molecule has 0 spiro atoms. The molecule has 3 N–H and O–H groups in total. The fourth-order valence-corrected chi connectivity index (χ4v) is 4.39. The van der Waals surface area contributed by atoms with Crippen molar-refractivity contribution in [3.63, 3.8) is 0 Å². The molecular formula is C15H17N3O3S. The molecule has 116 valence electrons. The molecule has 1 aromatic carbocycles. The zero-order valence-electron chi connectivity index (χ0n) is 12.2. The SMILES string of the molecule is C[C@]12CCC(=O)N1[C@H](C(=O)Nc1ccc(C(N)=O)cc1)CS2. The molecule has 0 unspecified atom stereocenters. The van der Waals surface area contributed by atoms with E-state index >= 15 is 0 Å². The van der Waals surface area contributed by atoms with Crippen LogP contribution in [0.5, 0.6) is 0 Å². The van der Waals surface area contributed by atoms with Crippen molar-refractivity contribution in [2.24, 2.45) is 5.73 Å². The van der Waals surface area contributed by atoms with Gasteiger partial charge >= 0.3 is 0 Å². The average Bonchev–Trinajstić information content (AvgIpc) is 2.97. The van der Waals surface area contributed by atoms with Crippen molar-refractivity contribution in [3.8, 4) is 0 Å². The zero-order chi connectivity index (χ0) is 15.9. The molecule has 2 fully saturated rings. The summed E-state index contributed by atoms with van der Waals surface area (Å²) in [6.07, 6.45) is 1.29. The molecule has 3 amide bonds. The number of carbonyl (C=O) groups excluding carboxylic acids is 3. The van der Waals surface area contributed by atoms with Crippen LogP contribution in [0.25, 0.3) is 0 Å². The number of thioether (sulfide) groups is 1. The molecule has 2 atom stereocenters. The summed E-state index contributed by atoms with van der Waals surface area (Å²) in [5, 5.41) is 2.80. The lowest BCUT2D eigenvalue weighted by atomic mass is 10.2. The van der Waals surface area contributed by atoms with Gasteiger partial charge in [-0.1, -0.05) is 0 Å². The van der Waals surface area contributed by atoms with Gasteiger partial charge in [0.1, 0.15) is 6.04 Å². The van der Waals surface area contributed by atoms with Crippen LogP contribution < -0.4 is 11.1 Å². The Morgan fingerprint density at radius 2 is 2.05 bits per heavy atom. The van der Waals surface area contributed by atoms with Crippen LogP contribution in [-0.2, 0) is 9.59 Å². The van der Waals surface area contributed by atoms with E-state index in [4.69, 9.17) is 5.73 Å². The number of benzene rings is 1. The number of hydrogen-bond donors (Lipinski definition) is 2. The molecule has 2 heterocycles. The maximum atomic E-state index is 12.5. The Kier molecular flexibility index (Phi) is 3.60. The van der Waals surface area contributed by atoms with E-state index in [-0.39, 0.29) is 16.7 Å². The molecule has 7 heteroatoms. The number of anilines is 1. The molecule has 6 nitrogen and oxygen atoms in total. The third kappa shape index (κ3) is 2.45. The zero-order valence-corrected chi connectivity index (χ0v) is 13.0. The molecule has 3 rings (SSSR count). The number of nitrogens with two attached hydrogens (primary N) is 1. The van der Waals surface area contributed by atoms with Crippen LogP contribution in [-0.4, -0.2) is 39.3 Å². The van der Waals surface area contributed by atoms with Crippen LogP contribution >= 0.6 is 11.8 Å². The van der Waals surface area contributed by atoms with E-state index in [9.17, 15) is 14.4 Å². The van der Waals surface area contributed by atoms with E-state index < -0.39 is 11.9 Å². The minimum atomic E-state index is -0.511. The van der Waals surface area contributed by atoms with E-state index in [2.05, 4.69) is 5.32 Å². The molecule has 0 radical (unpaired) electrons. The van der Waals surface area contributed by atoms with Gasteiger partial charge in [-0.3, -0.25) is 14.4 Å². The lowest BCUT2D eigenvalue weighted by molar-refractivity contribution is -0.135. The topological polar surface area (TPSA) is 92.5 Å². The van der Waals surface area contributed by atoms with Gasteiger partial charge in [-0.2, -0.15) is 0 Å². The van der Waals surface area contributed by atoms with E-state index in [1.54, 1.807) is 40.9 Å². The van der Waals surface area contributed by atoms with Crippen molar-refractivity contribution >= 4 is 35.2 Å². The van der Waals surface area contributed by atoms with Crippen LogP contribution in [0.2, 0.25) is 0 Å². The lowest BCUT2D eigenvalue weighted by Crippen LogP contribution is -2.48. The number of fused-ring (bicyclic) bond motifs is 1. The second kappa shape index (κ2) is 5.31. The van der Waals surface area contributed by atoms with Crippen molar-refractivity contribution in [3.05, 3.63) is 29.8 Å². The molecule has 2 aliphatic heterocycles. The smallest absolute Gasteiger partial charge is 0.248 e. The number of carbonyl (C=O) groups is 3. The predicted molar refractivity (Wildman–Crippen MR) is 84.3 cm³/mol. The highest BCUT2D eigenvalue weighted by molar-refractivity contribution is 8.01. The normalized spacial score (nSPS) is 26.9. The summed E-state index contributed by atoms with van der Waals surface area (Å²) in [4.78, 5) is 37.0. The standard InChI is InChI=1S/C15H17N3O3S/c1-15-7-6-12(19)18(15)11(8-22-15)14(21)17-10-4-2-9(3-5-10)13(16)20/h2-5,11H,6-8H2,1H3,(H2,16,20)(H,17,21)/t11-,15-/m0/s1. The molecule has 22 heavy (non-hydrogen) atoms. The summed E-state index contributed by atoms with van der Waals surface area (Å²) in [6.45, 7) is 2.01. The summed E-state index contributed by atoms with van der Waals surface area (Å²) in [5.41, 5.74) is 6.15. The number of rotatable bonds is 3. The van der Waals surface area contributed by atoms with Crippen molar-refractivity contribution in [1.82, 2.24) is 4.90 Å². The van der Waals surface area contributed by atoms with Gasteiger partial charge < -0.3 is 16.0 Å². The average molecular weight is 319 g/mol. The number of primary amides is 1. The minimum absolute atomic E-state index is 0.0386. The van der Waals surface area contributed by atoms with Crippen LogP contribution in [0.4, 0.5) is 5.69 Å². The monoisotopic (exact) mass is 319 g/mol. The highest BCUT2D eigenvalue weighted by atomic mass is 32.2. The predicted octanol–water partition coefficient (Wildman–Crippen LogP) is 1.18. The number of nitrogens with zero attached hydrogens (tertiary/aromatic N) is 1. The Balaban J connectivity index is 1.72. The molecule has 0 bridgehead atoms. The van der Waals surface area contributed by atoms with Crippen LogP contribution in [0.1, 0.15) is 30.1 Å². The van der Waals surface area contributed by atoms with Crippen LogP contribution in [0, 0.1) is 0 Å². The van der Waals surface area contributed by atoms with Crippen molar-refractivity contribution in [1.29, 1.82) is 0 Å². The third-order valence-electron chi connectivity index (χ3n) is 4.18. The lowest BCUT2D eigenvalue weighted by Gasteiger charge is -2.29. The van der Waals surface area contributed by atoms with Crippen molar-refractivity contribution in [2.75, 3.05) is 11.1 Å².